The normalized spacial score (nSPS) is 19.4. The molecule has 0 spiro atoms. The summed E-state index contributed by atoms with van der Waals surface area (Å²) < 4.78 is 12.6. The summed E-state index contributed by atoms with van der Waals surface area (Å²) in [7, 11) is 0. The first-order chi connectivity index (χ1) is 11.7. The van der Waals surface area contributed by atoms with Crippen LogP contribution in [0.4, 0.5) is 0 Å². The predicted octanol–water partition coefficient (Wildman–Crippen LogP) is 2.84. The fraction of sp³-hybridized carbons (Fsp3) is 0.529. The molecule has 6 nitrogen and oxygen atoms in total. The molecule has 0 saturated carbocycles. The topological polar surface area (TPSA) is 73.1 Å². The number of carbonyl (C=O) groups excluding carboxylic acids is 1. The standard InChI is InChI=1S/C17H22N2O4S/c1-3-22-17(21)13-14-11(15(20)12-8-4-5-10-23-12)7-6-9-19(14)18-16(13)24-2/h6-7,9,12,15,20H,3-5,8,10H2,1-2H3. The summed E-state index contributed by atoms with van der Waals surface area (Å²) in [5, 5.41) is 15.9. The lowest BCUT2D eigenvalue weighted by molar-refractivity contribution is -0.0629. The molecule has 1 fully saturated rings. The van der Waals surface area contributed by atoms with E-state index in [-0.39, 0.29) is 6.10 Å². The minimum Gasteiger partial charge on any atom is -0.462 e. The molecule has 0 radical (unpaired) electrons. The highest BCUT2D eigenvalue weighted by molar-refractivity contribution is 7.98. The summed E-state index contributed by atoms with van der Waals surface area (Å²) in [6.45, 7) is 2.72. The van der Waals surface area contributed by atoms with Crippen LogP contribution in [0.1, 0.15) is 48.2 Å². The van der Waals surface area contributed by atoms with Crippen LogP contribution in [-0.4, -0.2) is 46.3 Å². The molecule has 0 bridgehead atoms. The Hall–Kier alpha value is -1.57. The number of aliphatic hydroxyl groups is 1. The van der Waals surface area contributed by atoms with Crippen LogP contribution in [0, 0.1) is 0 Å². The maximum Gasteiger partial charge on any atom is 0.343 e. The number of hydrogen-bond donors (Lipinski definition) is 1. The molecule has 0 aromatic carbocycles. The van der Waals surface area contributed by atoms with E-state index in [1.807, 2.05) is 18.4 Å². The maximum atomic E-state index is 12.4. The molecular formula is C17H22N2O4S. The number of fused-ring (bicyclic) bond motifs is 1. The zero-order chi connectivity index (χ0) is 17.1. The van der Waals surface area contributed by atoms with Crippen LogP contribution >= 0.6 is 11.8 Å². The van der Waals surface area contributed by atoms with E-state index in [2.05, 4.69) is 5.10 Å². The highest BCUT2D eigenvalue weighted by Crippen LogP contribution is 2.33. The summed E-state index contributed by atoms with van der Waals surface area (Å²) >= 11 is 1.39. The van der Waals surface area contributed by atoms with Crippen molar-refractivity contribution in [3.63, 3.8) is 0 Å². The van der Waals surface area contributed by atoms with Gasteiger partial charge in [-0.25, -0.2) is 9.31 Å². The number of ether oxygens (including phenoxy) is 2. The fourth-order valence-corrected chi connectivity index (χ4v) is 3.64. The van der Waals surface area contributed by atoms with E-state index in [1.165, 1.54) is 11.8 Å². The Balaban J connectivity index is 2.10. The van der Waals surface area contributed by atoms with Crippen molar-refractivity contribution in [2.45, 2.75) is 43.4 Å². The lowest BCUT2D eigenvalue weighted by Gasteiger charge is -2.27. The molecule has 1 aliphatic heterocycles. The SMILES string of the molecule is CCOC(=O)c1c(SC)nn2cccc(C(O)C3CCCCO3)c12. The zero-order valence-corrected chi connectivity index (χ0v) is 14.7. The Kier molecular flexibility index (Phi) is 5.43. The van der Waals surface area contributed by atoms with Gasteiger partial charge in [0, 0.05) is 18.4 Å². The van der Waals surface area contributed by atoms with Crippen molar-refractivity contribution in [2.24, 2.45) is 0 Å². The second-order valence-electron chi connectivity index (χ2n) is 5.71. The molecule has 3 rings (SSSR count). The van der Waals surface area contributed by atoms with Gasteiger partial charge in [0.2, 0.25) is 0 Å². The number of carbonyl (C=O) groups is 1. The number of thioether (sulfide) groups is 1. The Morgan fingerprint density at radius 1 is 1.58 bits per heavy atom. The summed E-state index contributed by atoms with van der Waals surface area (Å²) in [4.78, 5) is 12.4. The number of rotatable bonds is 5. The third-order valence-corrected chi connectivity index (χ3v) is 4.89. The number of aliphatic hydroxyl groups excluding tert-OH is 1. The van der Waals surface area contributed by atoms with Crippen LogP contribution in [0.15, 0.2) is 23.4 Å². The van der Waals surface area contributed by atoms with Gasteiger partial charge in [0.15, 0.2) is 0 Å². The summed E-state index contributed by atoms with van der Waals surface area (Å²) in [6, 6.07) is 3.65. The second-order valence-corrected chi connectivity index (χ2v) is 6.51. The predicted molar refractivity (Wildman–Crippen MR) is 91.5 cm³/mol. The molecule has 0 amide bonds. The Morgan fingerprint density at radius 3 is 3.08 bits per heavy atom. The number of hydrogen-bond acceptors (Lipinski definition) is 6. The lowest BCUT2D eigenvalue weighted by Crippen LogP contribution is -2.26. The van der Waals surface area contributed by atoms with E-state index >= 15 is 0 Å². The first-order valence-corrected chi connectivity index (χ1v) is 9.41. The Bertz CT molecular complexity index is 725. The van der Waals surface area contributed by atoms with Gasteiger partial charge >= 0.3 is 5.97 Å². The molecule has 2 aromatic heterocycles. The van der Waals surface area contributed by atoms with Crippen LogP contribution in [-0.2, 0) is 9.47 Å². The highest BCUT2D eigenvalue weighted by Gasteiger charge is 2.30. The van der Waals surface area contributed by atoms with Gasteiger partial charge in [0.25, 0.3) is 0 Å². The smallest absolute Gasteiger partial charge is 0.343 e. The molecule has 3 heterocycles. The van der Waals surface area contributed by atoms with Crippen molar-refractivity contribution >= 4 is 23.2 Å². The molecule has 130 valence electrons. The van der Waals surface area contributed by atoms with Crippen LogP contribution < -0.4 is 0 Å². The van der Waals surface area contributed by atoms with Gasteiger partial charge in [-0.1, -0.05) is 6.07 Å². The largest absolute Gasteiger partial charge is 0.462 e. The van der Waals surface area contributed by atoms with Gasteiger partial charge < -0.3 is 14.6 Å². The first kappa shape index (κ1) is 17.3. The summed E-state index contributed by atoms with van der Waals surface area (Å²) in [6.07, 6.45) is 5.44. The Labute approximate surface area is 145 Å². The minimum atomic E-state index is -0.798. The fourth-order valence-electron chi connectivity index (χ4n) is 3.09. The van der Waals surface area contributed by atoms with Gasteiger partial charge in [-0.3, -0.25) is 0 Å². The molecule has 2 aromatic rings. The molecule has 2 unspecified atom stereocenters. The van der Waals surface area contributed by atoms with E-state index in [1.54, 1.807) is 17.6 Å². The number of esters is 1. The quantitative estimate of drug-likeness (QED) is 0.660. The highest BCUT2D eigenvalue weighted by atomic mass is 32.2. The molecule has 1 saturated heterocycles. The first-order valence-electron chi connectivity index (χ1n) is 8.19. The molecule has 0 aliphatic carbocycles. The van der Waals surface area contributed by atoms with Gasteiger partial charge in [0.1, 0.15) is 16.7 Å². The van der Waals surface area contributed by atoms with Crippen molar-refractivity contribution in [1.29, 1.82) is 0 Å². The van der Waals surface area contributed by atoms with Gasteiger partial charge in [0.05, 0.1) is 18.2 Å². The van der Waals surface area contributed by atoms with E-state index in [4.69, 9.17) is 9.47 Å². The molecule has 2 atom stereocenters. The van der Waals surface area contributed by atoms with E-state index in [0.717, 1.165) is 19.3 Å². The monoisotopic (exact) mass is 350 g/mol. The third kappa shape index (κ3) is 3.16. The lowest BCUT2D eigenvalue weighted by atomic mass is 9.97. The molecular weight excluding hydrogens is 328 g/mol. The van der Waals surface area contributed by atoms with Crippen LogP contribution in [0.25, 0.3) is 5.52 Å². The summed E-state index contributed by atoms with van der Waals surface area (Å²) in [5.74, 6) is -0.416. The van der Waals surface area contributed by atoms with Crippen LogP contribution in [0.2, 0.25) is 0 Å². The van der Waals surface area contributed by atoms with Crippen molar-refractivity contribution in [3.05, 3.63) is 29.5 Å². The van der Waals surface area contributed by atoms with Crippen LogP contribution in [0.5, 0.6) is 0 Å². The number of pyridine rings is 1. The van der Waals surface area contributed by atoms with Gasteiger partial charge in [-0.15, -0.1) is 11.8 Å². The minimum absolute atomic E-state index is 0.257. The van der Waals surface area contributed by atoms with Crippen molar-refractivity contribution in [1.82, 2.24) is 9.61 Å². The number of nitrogens with zero attached hydrogens (tertiary/aromatic N) is 2. The average molecular weight is 350 g/mol. The Morgan fingerprint density at radius 2 is 2.42 bits per heavy atom. The second kappa shape index (κ2) is 7.55. The van der Waals surface area contributed by atoms with Crippen molar-refractivity contribution in [3.8, 4) is 0 Å². The molecule has 1 N–H and O–H groups in total. The van der Waals surface area contributed by atoms with Gasteiger partial charge in [-0.05, 0) is 38.5 Å². The molecule has 1 aliphatic rings. The summed E-state index contributed by atoms with van der Waals surface area (Å²) in [5.41, 5.74) is 1.66. The van der Waals surface area contributed by atoms with Crippen molar-refractivity contribution in [2.75, 3.05) is 19.5 Å². The van der Waals surface area contributed by atoms with E-state index in [0.29, 0.717) is 34.9 Å². The molecule has 7 heteroatoms. The van der Waals surface area contributed by atoms with Crippen LogP contribution in [0.3, 0.4) is 0 Å². The van der Waals surface area contributed by atoms with E-state index < -0.39 is 12.1 Å². The number of aromatic nitrogens is 2. The van der Waals surface area contributed by atoms with Crippen molar-refractivity contribution < 1.29 is 19.4 Å². The van der Waals surface area contributed by atoms with E-state index in [9.17, 15) is 9.90 Å². The third-order valence-electron chi connectivity index (χ3n) is 4.21. The molecule has 24 heavy (non-hydrogen) atoms. The van der Waals surface area contributed by atoms with Gasteiger partial charge in [-0.2, -0.15) is 5.10 Å². The average Bonchev–Trinajstić information content (AvgIpc) is 3.00. The maximum absolute atomic E-state index is 12.4. The zero-order valence-electron chi connectivity index (χ0n) is 13.9.